The predicted molar refractivity (Wildman–Crippen MR) is 85.4 cm³/mol. The van der Waals surface area contributed by atoms with Gasteiger partial charge in [0.15, 0.2) is 0 Å². The van der Waals surface area contributed by atoms with Gasteiger partial charge in [0.2, 0.25) is 0 Å². The molecule has 0 radical (unpaired) electrons. The second-order valence-electron chi connectivity index (χ2n) is 6.68. The Bertz CT molecular complexity index is 570. The predicted octanol–water partition coefficient (Wildman–Crippen LogP) is 2.41. The minimum atomic E-state index is 0.115. The largest absolute Gasteiger partial charge is 0.384 e. The number of ether oxygens (including phenoxy) is 2. The van der Waals surface area contributed by atoms with E-state index < -0.39 is 0 Å². The summed E-state index contributed by atoms with van der Waals surface area (Å²) in [7, 11) is 1.72. The highest BCUT2D eigenvalue weighted by atomic mass is 32.1. The fourth-order valence-corrected chi connectivity index (χ4v) is 5.42. The van der Waals surface area contributed by atoms with Crippen LogP contribution in [0.25, 0.3) is 0 Å². The van der Waals surface area contributed by atoms with Gasteiger partial charge >= 0.3 is 0 Å². The van der Waals surface area contributed by atoms with Crippen LogP contribution < -0.4 is 5.32 Å². The van der Waals surface area contributed by atoms with E-state index in [9.17, 15) is 4.79 Å². The number of carbonyl (C=O) groups is 1. The molecule has 4 atom stereocenters. The van der Waals surface area contributed by atoms with Crippen LogP contribution >= 0.6 is 11.3 Å². The molecule has 4 rings (SSSR count). The maximum Gasteiger partial charge on any atom is 0.261 e. The molecule has 2 aliphatic carbocycles. The minimum Gasteiger partial charge on any atom is -0.384 e. The summed E-state index contributed by atoms with van der Waals surface area (Å²) in [6.07, 6.45) is 5.99. The summed E-state index contributed by atoms with van der Waals surface area (Å²) in [6, 6.07) is 0.210. The topological polar surface area (TPSA) is 47.6 Å². The highest BCUT2D eigenvalue weighted by Gasteiger charge is 2.54. The molecule has 120 valence electrons. The van der Waals surface area contributed by atoms with Gasteiger partial charge < -0.3 is 14.8 Å². The summed E-state index contributed by atoms with van der Waals surface area (Å²) in [4.78, 5) is 13.7. The Labute approximate surface area is 135 Å². The Kier molecular flexibility index (Phi) is 3.96. The summed E-state index contributed by atoms with van der Waals surface area (Å²) in [5.74, 6) is 0.890. The van der Waals surface area contributed by atoms with Gasteiger partial charge in [-0.2, -0.15) is 0 Å². The molecule has 0 bridgehead atoms. The van der Waals surface area contributed by atoms with E-state index in [4.69, 9.17) is 9.47 Å². The number of thiophene rings is 1. The number of nitrogens with one attached hydrogen (secondary N) is 1. The van der Waals surface area contributed by atoms with E-state index in [2.05, 4.69) is 10.7 Å². The quantitative estimate of drug-likeness (QED) is 0.926. The standard InChI is InChI=1S/C17H23NO3S/c1-20-8-13-14(12-6-7-21-15(12)13)18-17(19)16-11-5-3-2-4-10(11)9-22-16/h9,12-15H,2-8H2,1H3,(H,18,19)/t12-,13+,14+,15-/m0/s1. The van der Waals surface area contributed by atoms with Crippen molar-refractivity contribution >= 4 is 17.2 Å². The first-order valence-corrected chi connectivity index (χ1v) is 9.18. The minimum absolute atomic E-state index is 0.115. The van der Waals surface area contributed by atoms with Crippen LogP contribution in [-0.4, -0.2) is 38.4 Å². The average Bonchev–Trinajstić information content (AvgIpc) is 3.15. The Hall–Kier alpha value is -0.910. The number of rotatable bonds is 4. The summed E-state index contributed by atoms with van der Waals surface area (Å²) in [6.45, 7) is 1.48. The van der Waals surface area contributed by atoms with Crippen LogP contribution in [0.5, 0.6) is 0 Å². The second-order valence-corrected chi connectivity index (χ2v) is 7.56. The zero-order valence-electron chi connectivity index (χ0n) is 13.0. The van der Waals surface area contributed by atoms with Crippen molar-refractivity contribution in [2.24, 2.45) is 11.8 Å². The summed E-state index contributed by atoms with van der Waals surface area (Å²) >= 11 is 1.62. The summed E-state index contributed by atoms with van der Waals surface area (Å²) in [5.41, 5.74) is 2.70. The molecule has 1 aromatic heterocycles. The van der Waals surface area contributed by atoms with E-state index in [0.717, 1.165) is 30.7 Å². The van der Waals surface area contributed by atoms with Crippen molar-refractivity contribution in [1.82, 2.24) is 5.32 Å². The first-order valence-electron chi connectivity index (χ1n) is 8.30. The monoisotopic (exact) mass is 321 g/mol. The molecule has 22 heavy (non-hydrogen) atoms. The number of methoxy groups -OCH3 is 1. The van der Waals surface area contributed by atoms with Crippen molar-refractivity contribution in [3.05, 3.63) is 21.4 Å². The Balaban J connectivity index is 1.48. The number of carbonyl (C=O) groups excluding carboxylic acids is 1. The molecular formula is C17H23NO3S. The molecule has 0 aromatic carbocycles. The SMILES string of the molecule is COC[C@@H]1[C@H](NC(=O)c2scc3c2CCCC3)[C@@H]2CCO[C@H]12. The van der Waals surface area contributed by atoms with Crippen LogP contribution in [0.15, 0.2) is 5.38 Å². The van der Waals surface area contributed by atoms with E-state index in [0.29, 0.717) is 18.4 Å². The third-order valence-corrected chi connectivity index (χ3v) is 6.56. The highest BCUT2D eigenvalue weighted by molar-refractivity contribution is 7.12. The van der Waals surface area contributed by atoms with Crippen LogP contribution in [0.2, 0.25) is 0 Å². The van der Waals surface area contributed by atoms with Gasteiger partial charge in [0.05, 0.1) is 17.6 Å². The van der Waals surface area contributed by atoms with E-state index in [1.807, 2.05) is 0 Å². The van der Waals surface area contributed by atoms with Crippen molar-refractivity contribution in [2.45, 2.75) is 44.2 Å². The van der Waals surface area contributed by atoms with Crippen molar-refractivity contribution < 1.29 is 14.3 Å². The molecule has 1 N–H and O–H groups in total. The number of hydrogen-bond acceptors (Lipinski definition) is 4. The van der Waals surface area contributed by atoms with Crippen molar-refractivity contribution in [3.63, 3.8) is 0 Å². The Morgan fingerprint density at radius 2 is 2.32 bits per heavy atom. The zero-order valence-corrected chi connectivity index (χ0v) is 13.8. The third-order valence-electron chi connectivity index (χ3n) is 5.49. The average molecular weight is 321 g/mol. The molecule has 1 saturated heterocycles. The molecule has 5 heteroatoms. The lowest BCUT2D eigenvalue weighted by Crippen LogP contribution is -2.62. The normalized spacial score (nSPS) is 33.0. The fourth-order valence-electron chi connectivity index (χ4n) is 4.36. The molecule has 2 fully saturated rings. The highest BCUT2D eigenvalue weighted by Crippen LogP contribution is 2.44. The smallest absolute Gasteiger partial charge is 0.261 e. The third kappa shape index (κ3) is 2.30. The zero-order chi connectivity index (χ0) is 15.1. The number of hydrogen-bond donors (Lipinski definition) is 1. The molecule has 0 spiro atoms. The number of aryl methyl sites for hydroxylation is 1. The first kappa shape index (κ1) is 14.7. The summed E-state index contributed by atoms with van der Waals surface area (Å²) < 4.78 is 11.1. The van der Waals surface area contributed by atoms with Gasteiger partial charge in [-0.1, -0.05) is 0 Å². The van der Waals surface area contributed by atoms with Gasteiger partial charge in [0.1, 0.15) is 0 Å². The first-order chi connectivity index (χ1) is 10.8. The maximum atomic E-state index is 12.7. The van der Waals surface area contributed by atoms with Crippen LogP contribution in [0.1, 0.15) is 40.1 Å². The van der Waals surface area contributed by atoms with E-state index in [1.54, 1.807) is 18.4 Å². The summed E-state index contributed by atoms with van der Waals surface area (Å²) in [5, 5.41) is 5.47. The maximum absolute atomic E-state index is 12.7. The van der Waals surface area contributed by atoms with Gasteiger partial charge in [-0.15, -0.1) is 11.3 Å². The van der Waals surface area contributed by atoms with Crippen LogP contribution in [0, 0.1) is 11.8 Å². The van der Waals surface area contributed by atoms with Gasteiger partial charge in [-0.05, 0) is 48.6 Å². The lowest BCUT2D eigenvalue weighted by atomic mass is 9.67. The Morgan fingerprint density at radius 3 is 3.18 bits per heavy atom. The van der Waals surface area contributed by atoms with Crippen molar-refractivity contribution in [3.8, 4) is 0 Å². The molecule has 0 unspecified atom stereocenters. The molecule has 2 heterocycles. The van der Waals surface area contributed by atoms with Crippen LogP contribution in [0.3, 0.4) is 0 Å². The van der Waals surface area contributed by atoms with Gasteiger partial charge in [-0.3, -0.25) is 4.79 Å². The second kappa shape index (κ2) is 5.95. The molecule has 4 nitrogen and oxygen atoms in total. The van der Waals surface area contributed by atoms with Gasteiger partial charge in [-0.25, -0.2) is 0 Å². The van der Waals surface area contributed by atoms with Gasteiger partial charge in [0.25, 0.3) is 5.91 Å². The molecule has 1 aromatic rings. The molecule has 1 saturated carbocycles. The lowest BCUT2D eigenvalue weighted by molar-refractivity contribution is -0.0809. The Morgan fingerprint density at radius 1 is 1.45 bits per heavy atom. The number of fused-ring (bicyclic) bond motifs is 2. The van der Waals surface area contributed by atoms with Gasteiger partial charge in [0, 0.05) is 31.6 Å². The van der Waals surface area contributed by atoms with Crippen molar-refractivity contribution in [1.29, 1.82) is 0 Å². The molecule has 1 amide bonds. The molecule has 3 aliphatic rings. The number of amides is 1. The van der Waals surface area contributed by atoms with E-state index >= 15 is 0 Å². The molecular weight excluding hydrogens is 298 g/mol. The van der Waals surface area contributed by atoms with E-state index in [-0.39, 0.29) is 18.1 Å². The lowest BCUT2D eigenvalue weighted by Gasteiger charge is -2.47. The van der Waals surface area contributed by atoms with E-state index in [1.165, 1.54) is 24.0 Å². The van der Waals surface area contributed by atoms with Crippen LogP contribution in [-0.2, 0) is 22.3 Å². The molecule has 1 aliphatic heterocycles. The van der Waals surface area contributed by atoms with Crippen LogP contribution in [0.4, 0.5) is 0 Å². The fraction of sp³-hybridized carbons (Fsp3) is 0.706. The van der Waals surface area contributed by atoms with Crippen molar-refractivity contribution in [2.75, 3.05) is 20.3 Å².